The lowest BCUT2D eigenvalue weighted by atomic mass is 9.90. The number of thiophene rings is 1. The molecule has 1 heterocycles. The highest BCUT2D eigenvalue weighted by molar-refractivity contribution is 7.99. The lowest BCUT2D eigenvalue weighted by molar-refractivity contribution is -0.139. The van der Waals surface area contributed by atoms with Gasteiger partial charge in [0.1, 0.15) is 5.75 Å². The van der Waals surface area contributed by atoms with Gasteiger partial charge in [-0.3, -0.25) is 4.79 Å². The first-order valence-corrected chi connectivity index (χ1v) is 11.5. The molecule has 1 N–H and O–H groups in total. The standard InChI is InChI=1S/C22H30O3S2/c1-5-7-8-18(17-9-10-19(23)15(3)11-17)20-12-16(4)21(27-20)13-26-14-22(24)25-6-2/h9-12,18,23H,5-8,13-14H2,1-4H3. The molecule has 0 saturated heterocycles. The Morgan fingerprint density at radius 1 is 1.22 bits per heavy atom. The zero-order valence-electron chi connectivity index (χ0n) is 16.7. The SMILES string of the molecule is CCCCC(c1ccc(O)c(C)c1)c1cc(C)c(CSCC(=O)OCC)s1. The van der Waals surface area contributed by atoms with Gasteiger partial charge in [-0.2, -0.15) is 0 Å². The minimum atomic E-state index is -0.141. The quantitative estimate of drug-likeness (QED) is 0.478. The molecule has 27 heavy (non-hydrogen) atoms. The van der Waals surface area contributed by atoms with Crippen LogP contribution in [0.15, 0.2) is 24.3 Å². The second-order valence-corrected chi connectivity index (χ2v) is 8.95. The molecule has 0 aliphatic carbocycles. The third kappa shape index (κ3) is 6.28. The summed E-state index contributed by atoms with van der Waals surface area (Å²) < 4.78 is 5.00. The van der Waals surface area contributed by atoms with Crippen LogP contribution in [0.1, 0.15) is 65.5 Å². The van der Waals surface area contributed by atoms with E-state index in [-0.39, 0.29) is 5.97 Å². The fourth-order valence-corrected chi connectivity index (χ4v) is 5.45. The van der Waals surface area contributed by atoms with Crippen LogP contribution < -0.4 is 0 Å². The fraction of sp³-hybridized carbons (Fsp3) is 0.500. The Hall–Kier alpha value is -1.46. The second-order valence-electron chi connectivity index (χ2n) is 6.79. The number of benzene rings is 1. The molecule has 0 amide bonds. The first-order valence-electron chi connectivity index (χ1n) is 9.58. The summed E-state index contributed by atoms with van der Waals surface area (Å²) in [5, 5.41) is 9.86. The number of aryl methyl sites for hydroxylation is 2. The number of esters is 1. The number of phenolic OH excluding ortho intramolecular Hbond substituents is 1. The molecule has 1 unspecified atom stereocenters. The minimum absolute atomic E-state index is 0.141. The van der Waals surface area contributed by atoms with Crippen molar-refractivity contribution in [3.8, 4) is 5.75 Å². The van der Waals surface area contributed by atoms with Gasteiger partial charge < -0.3 is 9.84 Å². The largest absolute Gasteiger partial charge is 0.508 e. The van der Waals surface area contributed by atoms with Gasteiger partial charge in [-0.15, -0.1) is 23.1 Å². The Morgan fingerprint density at radius 2 is 2.00 bits per heavy atom. The van der Waals surface area contributed by atoms with Crippen LogP contribution in [0, 0.1) is 13.8 Å². The van der Waals surface area contributed by atoms with Crippen molar-refractivity contribution in [1.82, 2.24) is 0 Å². The molecule has 2 aromatic rings. The van der Waals surface area contributed by atoms with Gasteiger partial charge in [-0.1, -0.05) is 31.9 Å². The first kappa shape index (κ1) is 21.8. The molecule has 5 heteroatoms. The highest BCUT2D eigenvalue weighted by Crippen LogP contribution is 2.38. The van der Waals surface area contributed by atoms with E-state index in [0.717, 1.165) is 17.7 Å². The number of unbranched alkanes of at least 4 members (excludes halogenated alkanes) is 1. The molecule has 0 bridgehead atoms. The van der Waals surface area contributed by atoms with E-state index in [1.54, 1.807) is 17.8 Å². The average Bonchev–Trinajstić information content (AvgIpc) is 2.99. The summed E-state index contributed by atoms with van der Waals surface area (Å²) in [6.45, 7) is 8.59. The number of ether oxygens (including phenoxy) is 1. The van der Waals surface area contributed by atoms with Crippen LogP contribution in [-0.2, 0) is 15.3 Å². The summed E-state index contributed by atoms with van der Waals surface area (Å²) in [5.74, 6) is 1.81. The van der Waals surface area contributed by atoms with Crippen molar-refractivity contribution in [3.05, 3.63) is 50.7 Å². The van der Waals surface area contributed by atoms with Crippen LogP contribution in [0.3, 0.4) is 0 Å². The van der Waals surface area contributed by atoms with Gasteiger partial charge in [-0.05, 0) is 56.0 Å². The Bertz CT molecular complexity index is 752. The van der Waals surface area contributed by atoms with E-state index in [9.17, 15) is 9.90 Å². The van der Waals surface area contributed by atoms with Gasteiger partial charge in [0.15, 0.2) is 0 Å². The second kappa shape index (κ2) is 10.8. The minimum Gasteiger partial charge on any atom is -0.508 e. The number of thioether (sulfide) groups is 1. The van der Waals surface area contributed by atoms with Crippen molar-refractivity contribution >= 4 is 29.1 Å². The van der Waals surface area contributed by atoms with E-state index in [1.807, 2.05) is 31.3 Å². The Balaban J connectivity index is 2.16. The molecule has 0 fully saturated rings. The summed E-state index contributed by atoms with van der Waals surface area (Å²) >= 11 is 3.47. The van der Waals surface area contributed by atoms with E-state index in [4.69, 9.17) is 4.74 Å². The monoisotopic (exact) mass is 406 g/mol. The van der Waals surface area contributed by atoms with Crippen molar-refractivity contribution in [3.63, 3.8) is 0 Å². The van der Waals surface area contributed by atoms with E-state index in [0.29, 0.717) is 24.0 Å². The highest BCUT2D eigenvalue weighted by atomic mass is 32.2. The summed E-state index contributed by atoms with van der Waals surface area (Å²) in [4.78, 5) is 14.2. The Labute approximate surface area is 171 Å². The Morgan fingerprint density at radius 3 is 2.67 bits per heavy atom. The normalized spacial score (nSPS) is 12.1. The summed E-state index contributed by atoms with van der Waals surface area (Å²) in [6, 6.07) is 8.26. The summed E-state index contributed by atoms with van der Waals surface area (Å²) in [5.41, 5.74) is 3.49. The predicted octanol–water partition coefficient (Wildman–Crippen LogP) is 6.19. The molecule has 3 nitrogen and oxygen atoms in total. The number of carbonyl (C=O) groups excluding carboxylic acids is 1. The molecule has 148 valence electrons. The molecular weight excluding hydrogens is 376 g/mol. The van der Waals surface area contributed by atoms with Crippen molar-refractivity contribution in [2.45, 2.75) is 58.6 Å². The molecule has 2 rings (SSSR count). The molecule has 1 atom stereocenters. The zero-order valence-corrected chi connectivity index (χ0v) is 18.3. The van der Waals surface area contributed by atoms with Gasteiger partial charge in [0, 0.05) is 21.4 Å². The van der Waals surface area contributed by atoms with E-state index < -0.39 is 0 Å². The van der Waals surface area contributed by atoms with E-state index in [2.05, 4.69) is 26.0 Å². The number of hydrogen-bond donors (Lipinski definition) is 1. The molecule has 0 radical (unpaired) electrons. The highest BCUT2D eigenvalue weighted by Gasteiger charge is 2.19. The van der Waals surface area contributed by atoms with Crippen molar-refractivity contribution in [2.24, 2.45) is 0 Å². The molecule has 0 spiro atoms. The lowest BCUT2D eigenvalue weighted by Gasteiger charge is -2.17. The maximum Gasteiger partial charge on any atom is 0.315 e. The lowest BCUT2D eigenvalue weighted by Crippen LogP contribution is -2.06. The smallest absolute Gasteiger partial charge is 0.315 e. The van der Waals surface area contributed by atoms with E-state index in [1.165, 1.54) is 33.7 Å². The molecular formula is C22H30O3S2. The first-order chi connectivity index (χ1) is 13.0. The maximum atomic E-state index is 11.5. The van der Waals surface area contributed by atoms with Crippen LogP contribution in [0.25, 0.3) is 0 Å². The van der Waals surface area contributed by atoms with Crippen molar-refractivity contribution in [1.29, 1.82) is 0 Å². The van der Waals surface area contributed by atoms with Gasteiger partial charge >= 0.3 is 5.97 Å². The summed E-state index contributed by atoms with van der Waals surface area (Å²) in [7, 11) is 0. The van der Waals surface area contributed by atoms with Gasteiger partial charge in [0.05, 0.1) is 12.4 Å². The van der Waals surface area contributed by atoms with Crippen LogP contribution in [0.2, 0.25) is 0 Å². The van der Waals surface area contributed by atoms with Crippen LogP contribution in [0.4, 0.5) is 0 Å². The number of phenols is 1. The van der Waals surface area contributed by atoms with E-state index >= 15 is 0 Å². The van der Waals surface area contributed by atoms with Gasteiger partial charge in [-0.25, -0.2) is 0 Å². The third-order valence-corrected chi connectivity index (χ3v) is 7.08. The molecule has 0 aliphatic heterocycles. The molecule has 1 aromatic heterocycles. The Kier molecular flexibility index (Phi) is 8.71. The average molecular weight is 407 g/mol. The van der Waals surface area contributed by atoms with Crippen molar-refractivity contribution < 1.29 is 14.6 Å². The number of carbonyl (C=O) groups is 1. The zero-order chi connectivity index (χ0) is 19.8. The number of hydrogen-bond acceptors (Lipinski definition) is 5. The molecule has 1 aromatic carbocycles. The number of aromatic hydroxyl groups is 1. The van der Waals surface area contributed by atoms with Crippen LogP contribution >= 0.6 is 23.1 Å². The summed E-state index contributed by atoms with van der Waals surface area (Å²) in [6.07, 6.45) is 3.45. The molecule has 0 aliphatic rings. The van der Waals surface area contributed by atoms with Gasteiger partial charge in [0.25, 0.3) is 0 Å². The van der Waals surface area contributed by atoms with Gasteiger partial charge in [0.2, 0.25) is 0 Å². The van der Waals surface area contributed by atoms with Crippen LogP contribution in [0.5, 0.6) is 5.75 Å². The van der Waals surface area contributed by atoms with Crippen molar-refractivity contribution in [2.75, 3.05) is 12.4 Å². The number of rotatable bonds is 10. The molecule has 0 saturated carbocycles. The topological polar surface area (TPSA) is 46.5 Å². The third-order valence-electron chi connectivity index (χ3n) is 4.61. The van der Waals surface area contributed by atoms with Crippen LogP contribution in [-0.4, -0.2) is 23.4 Å². The fourth-order valence-electron chi connectivity index (χ4n) is 3.07. The predicted molar refractivity (Wildman–Crippen MR) is 116 cm³/mol. The maximum absolute atomic E-state index is 11.5.